The fraction of sp³-hybridized carbons (Fsp3) is 0.571. The zero-order valence-corrected chi connectivity index (χ0v) is 12.1. The second-order valence-corrected chi connectivity index (χ2v) is 6.91. The molecular weight excluding hydrogens is 262 g/mol. The fourth-order valence-corrected chi connectivity index (χ4v) is 3.49. The molecule has 0 saturated carbocycles. The quantitative estimate of drug-likeness (QED) is 0.898. The molecule has 5 heteroatoms. The highest BCUT2D eigenvalue weighted by atomic mass is 32.2. The van der Waals surface area contributed by atoms with E-state index in [1.807, 2.05) is 31.2 Å². The van der Waals surface area contributed by atoms with Gasteiger partial charge in [0.1, 0.15) is 5.75 Å². The molecule has 1 heterocycles. The number of nitrogens with one attached hydrogen (secondary N) is 1. The molecule has 19 heavy (non-hydrogen) atoms. The van der Waals surface area contributed by atoms with Gasteiger partial charge in [-0.1, -0.05) is 25.1 Å². The molecule has 0 fully saturated rings. The second kappa shape index (κ2) is 6.39. The van der Waals surface area contributed by atoms with E-state index in [1.54, 1.807) is 0 Å². The molecule has 1 atom stereocenters. The minimum atomic E-state index is -3.11. The van der Waals surface area contributed by atoms with Crippen molar-refractivity contribution in [3.8, 4) is 5.75 Å². The predicted molar refractivity (Wildman–Crippen MR) is 75.8 cm³/mol. The molecule has 106 valence electrons. The third-order valence-electron chi connectivity index (χ3n) is 3.33. The summed E-state index contributed by atoms with van der Waals surface area (Å²) in [7, 11) is -3.11. The van der Waals surface area contributed by atoms with Crippen LogP contribution in [0.2, 0.25) is 0 Å². The lowest BCUT2D eigenvalue weighted by Gasteiger charge is -2.14. The van der Waals surface area contributed by atoms with E-state index in [2.05, 4.69) is 4.72 Å². The van der Waals surface area contributed by atoms with Gasteiger partial charge in [-0.05, 0) is 36.8 Å². The molecule has 0 bridgehead atoms. The van der Waals surface area contributed by atoms with E-state index >= 15 is 0 Å². The van der Waals surface area contributed by atoms with Crippen LogP contribution < -0.4 is 9.46 Å². The minimum Gasteiger partial charge on any atom is -0.493 e. The number of fused-ring (bicyclic) bond motifs is 1. The molecule has 1 aliphatic rings. The van der Waals surface area contributed by atoms with Crippen molar-refractivity contribution in [3.05, 3.63) is 29.8 Å². The smallest absolute Gasteiger partial charge is 0.211 e. The summed E-state index contributed by atoms with van der Waals surface area (Å²) in [5, 5.41) is 0. The van der Waals surface area contributed by atoms with Gasteiger partial charge < -0.3 is 4.74 Å². The zero-order chi connectivity index (χ0) is 13.7. The van der Waals surface area contributed by atoms with Gasteiger partial charge in [-0.2, -0.15) is 0 Å². The van der Waals surface area contributed by atoms with E-state index in [1.165, 1.54) is 5.56 Å². The first-order valence-corrected chi connectivity index (χ1v) is 8.44. The van der Waals surface area contributed by atoms with Crippen LogP contribution in [0.3, 0.4) is 0 Å². The van der Waals surface area contributed by atoms with E-state index in [-0.39, 0.29) is 5.75 Å². The Morgan fingerprint density at radius 3 is 2.95 bits per heavy atom. The number of hydrogen-bond donors (Lipinski definition) is 1. The molecule has 0 spiro atoms. The van der Waals surface area contributed by atoms with Crippen LogP contribution in [0.1, 0.15) is 25.3 Å². The van der Waals surface area contributed by atoms with Crippen molar-refractivity contribution in [1.82, 2.24) is 4.72 Å². The maximum absolute atomic E-state index is 11.7. The van der Waals surface area contributed by atoms with E-state index in [4.69, 9.17) is 4.74 Å². The molecule has 0 saturated heterocycles. The van der Waals surface area contributed by atoms with Crippen molar-refractivity contribution in [2.24, 2.45) is 5.92 Å². The Labute approximate surface area is 115 Å². The first-order valence-electron chi connectivity index (χ1n) is 6.79. The van der Waals surface area contributed by atoms with Crippen molar-refractivity contribution in [2.45, 2.75) is 26.2 Å². The minimum absolute atomic E-state index is 0.201. The van der Waals surface area contributed by atoms with Crippen molar-refractivity contribution in [2.75, 3.05) is 18.9 Å². The lowest BCUT2D eigenvalue weighted by atomic mass is 9.97. The van der Waals surface area contributed by atoms with Gasteiger partial charge in [0.05, 0.1) is 12.4 Å². The Bertz CT molecular complexity index is 513. The van der Waals surface area contributed by atoms with Crippen LogP contribution >= 0.6 is 0 Å². The monoisotopic (exact) mass is 283 g/mol. The summed E-state index contributed by atoms with van der Waals surface area (Å²) in [5.74, 6) is 1.43. The summed E-state index contributed by atoms with van der Waals surface area (Å²) in [4.78, 5) is 0. The average Bonchev–Trinajstić information content (AvgIpc) is 2.58. The number of hydrogen-bond acceptors (Lipinski definition) is 3. The van der Waals surface area contributed by atoms with Gasteiger partial charge >= 0.3 is 0 Å². The van der Waals surface area contributed by atoms with Crippen molar-refractivity contribution in [1.29, 1.82) is 0 Å². The lowest BCUT2D eigenvalue weighted by molar-refractivity contribution is 0.294. The number of para-hydroxylation sites is 1. The maximum Gasteiger partial charge on any atom is 0.211 e. The number of sulfonamides is 1. The van der Waals surface area contributed by atoms with E-state index in [9.17, 15) is 8.42 Å². The Morgan fingerprint density at radius 1 is 1.37 bits per heavy atom. The second-order valence-electron chi connectivity index (χ2n) is 4.98. The molecule has 1 aromatic carbocycles. The molecule has 2 rings (SSSR count). The summed E-state index contributed by atoms with van der Waals surface area (Å²) >= 11 is 0. The van der Waals surface area contributed by atoms with Gasteiger partial charge in [-0.3, -0.25) is 0 Å². The molecule has 1 aliphatic heterocycles. The summed E-state index contributed by atoms with van der Waals surface area (Å²) in [6.07, 6.45) is 2.39. The Balaban J connectivity index is 1.96. The molecule has 0 amide bonds. The summed E-state index contributed by atoms with van der Waals surface area (Å²) in [5.41, 5.74) is 1.17. The first kappa shape index (κ1) is 14.3. The normalized spacial score (nSPS) is 19.3. The number of ether oxygens (including phenoxy) is 1. The van der Waals surface area contributed by atoms with Crippen LogP contribution in [0.25, 0.3) is 0 Å². The molecule has 4 nitrogen and oxygen atoms in total. The SMILES string of the molecule is CCCS(=O)(=O)NCC1CCOc2ccccc2C1. The summed E-state index contributed by atoms with van der Waals surface area (Å²) in [6, 6.07) is 7.97. The van der Waals surface area contributed by atoms with Gasteiger partial charge in [0.2, 0.25) is 10.0 Å². The van der Waals surface area contributed by atoms with Crippen LogP contribution in [0.4, 0.5) is 0 Å². The van der Waals surface area contributed by atoms with Crippen molar-refractivity contribution < 1.29 is 13.2 Å². The Kier molecular flexibility index (Phi) is 4.82. The van der Waals surface area contributed by atoms with Gasteiger partial charge in [-0.25, -0.2) is 13.1 Å². The van der Waals surface area contributed by atoms with E-state index in [0.29, 0.717) is 25.5 Å². The molecular formula is C14H21NO3S. The number of rotatable bonds is 5. The highest BCUT2D eigenvalue weighted by Gasteiger charge is 2.19. The lowest BCUT2D eigenvalue weighted by Crippen LogP contribution is -2.32. The summed E-state index contributed by atoms with van der Waals surface area (Å²) in [6.45, 7) is 3.02. The van der Waals surface area contributed by atoms with Crippen LogP contribution in [0, 0.1) is 5.92 Å². The van der Waals surface area contributed by atoms with Gasteiger partial charge in [0.25, 0.3) is 0 Å². The van der Waals surface area contributed by atoms with Crippen LogP contribution in [-0.4, -0.2) is 27.3 Å². The van der Waals surface area contributed by atoms with Crippen molar-refractivity contribution >= 4 is 10.0 Å². The van der Waals surface area contributed by atoms with Crippen LogP contribution in [0.5, 0.6) is 5.75 Å². The average molecular weight is 283 g/mol. The maximum atomic E-state index is 11.7. The van der Waals surface area contributed by atoms with E-state index < -0.39 is 10.0 Å². The predicted octanol–water partition coefficient (Wildman–Crippen LogP) is 1.96. The third-order valence-corrected chi connectivity index (χ3v) is 4.88. The van der Waals surface area contributed by atoms with Crippen LogP contribution in [0.15, 0.2) is 24.3 Å². The highest BCUT2D eigenvalue weighted by Crippen LogP contribution is 2.26. The Morgan fingerprint density at radius 2 is 2.16 bits per heavy atom. The zero-order valence-electron chi connectivity index (χ0n) is 11.3. The molecule has 0 aliphatic carbocycles. The molecule has 1 N–H and O–H groups in total. The third kappa shape index (κ3) is 4.21. The number of benzene rings is 1. The van der Waals surface area contributed by atoms with Crippen LogP contribution in [-0.2, 0) is 16.4 Å². The fourth-order valence-electron chi connectivity index (χ4n) is 2.32. The molecule has 0 aromatic heterocycles. The first-order chi connectivity index (χ1) is 9.11. The summed E-state index contributed by atoms with van der Waals surface area (Å²) < 4.78 is 31.7. The largest absolute Gasteiger partial charge is 0.493 e. The van der Waals surface area contributed by atoms with Gasteiger partial charge in [0, 0.05) is 6.54 Å². The van der Waals surface area contributed by atoms with Gasteiger partial charge in [0.15, 0.2) is 0 Å². The Hall–Kier alpha value is -1.07. The molecule has 1 aromatic rings. The molecule has 0 radical (unpaired) electrons. The topological polar surface area (TPSA) is 55.4 Å². The molecule has 1 unspecified atom stereocenters. The van der Waals surface area contributed by atoms with E-state index in [0.717, 1.165) is 18.6 Å². The van der Waals surface area contributed by atoms with Crippen molar-refractivity contribution in [3.63, 3.8) is 0 Å². The highest BCUT2D eigenvalue weighted by molar-refractivity contribution is 7.89. The standard InChI is InChI=1S/C14H21NO3S/c1-2-9-19(16,17)15-11-12-7-8-18-14-6-4-3-5-13(14)10-12/h3-6,12,15H,2,7-11H2,1H3. The van der Waals surface area contributed by atoms with Gasteiger partial charge in [-0.15, -0.1) is 0 Å².